The number of hydrogen-bond acceptors (Lipinski definition) is 0. The van der Waals surface area contributed by atoms with Crippen molar-refractivity contribution in [3.63, 3.8) is 0 Å². The van der Waals surface area contributed by atoms with Gasteiger partial charge in [0.15, 0.2) is 0 Å². The van der Waals surface area contributed by atoms with Crippen molar-refractivity contribution in [2.75, 3.05) is 0 Å². The van der Waals surface area contributed by atoms with E-state index < -0.39 is 20.4 Å². The minimum absolute atomic E-state index is 0. The predicted octanol–water partition coefficient (Wildman–Crippen LogP) is 6.74. The maximum Gasteiger partial charge on any atom is -0.147 e. The molecule has 4 heteroatoms. The van der Waals surface area contributed by atoms with Crippen LogP contribution in [0.3, 0.4) is 0 Å². The van der Waals surface area contributed by atoms with E-state index in [1.54, 1.807) is 16.7 Å². The van der Waals surface area contributed by atoms with E-state index in [0.717, 1.165) is 0 Å². The largest absolute Gasteiger partial charge is 0.147 e. The Kier molecular flexibility index (Phi) is 9.76. The third kappa shape index (κ3) is 5.27. The molecule has 0 amide bonds. The number of benzene rings is 1. The van der Waals surface area contributed by atoms with E-state index in [-0.39, 0.29) is 24.8 Å². The van der Waals surface area contributed by atoms with Crippen LogP contribution in [0.4, 0.5) is 0 Å². The molecule has 0 aromatic heterocycles. The van der Waals surface area contributed by atoms with Gasteiger partial charge in [-0.05, 0) is 0 Å². The normalized spacial score (nSPS) is 22.4. The van der Waals surface area contributed by atoms with Gasteiger partial charge in [0.25, 0.3) is 0 Å². The summed E-state index contributed by atoms with van der Waals surface area (Å²) in [6, 6.07) is 12.5. The zero-order chi connectivity index (χ0) is 18.1. The molecule has 2 aliphatic carbocycles. The zero-order valence-electron chi connectivity index (χ0n) is 17.3. The van der Waals surface area contributed by atoms with Crippen LogP contribution < -0.4 is 0 Å². The van der Waals surface area contributed by atoms with Crippen LogP contribution in [0, 0.1) is 11.8 Å². The third-order valence-corrected chi connectivity index (χ3v) is 22.1. The summed E-state index contributed by atoms with van der Waals surface area (Å²) in [7, 11) is 0. The molecule has 3 rings (SSSR count). The van der Waals surface area contributed by atoms with E-state index in [1.165, 1.54) is 17.2 Å². The van der Waals surface area contributed by atoms with Gasteiger partial charge in [0.1, 0.15) is 0 Å². The fourth-order valence-electron chi connectivity index (χ4n) is 4.34. The minimum Gasteiger partial charge on any atom is -0.147 e. The van der Waals surface area contributed by atoms with Gasteiger partial charge in [-0.2, -0.15) is 0 Å². The summed E-state index contributed by atoms with van der Waals surface area (Å²) in [5.41, 5.74) is 7.90. The Labute approximate surface area is 186 Å². The molecule has 0 saturated heterocycles. The second-order valence-corrected chi connectivity index (χ2v) is 19.6. The van der Waals surface area contributed by atoms with Crippen LogP contribution in [0.15, 0.2) is 71.3 Å². The van der Waals surface area contributed by atoms with E-state index in [4.69, 9.17) is 0 Å². The molecule has 2 atom stereocenters. The number of hydrogen-bond donors (Lipinski definition) is 0. The van der Waals surface area contributed by atoms with Gasteiger partial charge in [-0.1, -0.05) is 0 Å². The van der Waals surface area contributed by atoms with Crippen LogP contribution in [-0.4, -0.2) is 6.16 Å². The molecular formula is C23H32Cl2SiZr. The van der Waals surface area contributed by atoms with E-state index in [1.807, 2.05) is 6.56 Å². The molecule has 146 valence electrons. The first-order chi connectivity index (χ1) is 11.9. The Morgan fingerprint density at radius 1 is 0.926 bits per heavy atom. The van der Waals surface area contributed by atoms with E-state index in [9.17, 15) is 0 Å². The van der Waals surface area contributed by atoms with Crippen LogP contribution in [0.2, 0.25) is 0 Å². The minimum atomic E-state index is -1.80. The zero-order valence-corrected chi connectivity index (χ0v) is 22.5. The quantitative estimate of drug-likeness (QED) is 0.403. The van der Waals surface area contributed by atoms with Gasteiger partial charge in [0.05, 0.1) is 0 Å². The molecule has 0 saturated carbocycles. The SMILES string of the molecule is CC1=CC(C)[C](/[Zr](=[SiH]/Cc2ccccc2)[C]2=C(C)C=C(C)C2C)=C1C.Cl.Cl. The standard InChI is InChI=1S/2C8H11.C7H8Si.2ClH.Zr/c2*1-6-4-7(2)8(3)5-6;8-6-7-4-2-1-3-5-7;;;/h4,8H,1-3H3;4,6H,1-3H3;1-5,8H,6H2;2*1H;. The van der Waals surface area contributed by atoms with E-state index in [2.05, 4.69) is 84.0 Å². The van der Waals surface area contributed by atoms with Gasteiger partial charge in [-0.25, -0.2) is 0 Å². The summed E-state index contributed by atoms with van der Waals surface area (Å²) < 4.78 is 3.80. The monoisotopic (exact) mass is 496 g/mol. The molecule has 0 aliphatic heterocycles. The number of allylic oxidation sites excluding steroid dienone is 8. The summed E-state index contributed by atoms with van der Waals surface area (Å²) in [6.45, 7) is 14.3. The molecule has 0 bridgehead atoms. The van der Waals surface area contributed by atoms with Crippen molar-refractivity contribution in [3.05, 3.63) is 76.9 Å². The Morgan fingerprint density at radius 3 is 2.04 bits per heavy atom. The number of rotatable bonds is 4. The van der Waals surface area contributed by atoms with Crippen molar-refractivity contribution in [3.8, 4) is 0 Å². The summed E-state index contributed by atoms with van der Waals surface area (Å²) >= 11 is -1.80. The van der Waals surface area contributed by atoms with Crippen molar-refractivity contribution in [1.82, 2.24) is 0 Å². The summed E-state index contributed by atoms with van der Waals surface area (Å²) in [5, 5.41) is 0. The average Bonchev–Trinajstić information content (AvgIpc) is 2.98. The molecule has 0 heterocycles. The Bertz CT molecular complexity index is 844. The maximum atomic E-state index is 2.52. The number of halogens is 2. The van der Waals surface area contributed by atoms with Crippen molar-refractivity contribution in [2.24, 2.45) is 11.8 Å². The van der Waals surface area contributed by atoms with Crippen LogP contribution in [0.25, 0.3) is 0 Å². The molecule has 0 radical (unpaired) electrons. The van der Waals surface area contributed by atoms with Gasteiger partial charge in [-0.3, -0.25) is 0 Å². The second kappa shape index (κ2) is 10.6. The first-order valence-electron chi connectivity index (χ1n) is 9.43. The molecule has 0 N–H and O–H groups in total. The molecular weight excluding hydrogens is 466 g/mol. The molecule has 1 aromatic rings. The fraction of sp³-hybridized carbons (Fsp3) is 0.391. The first kappa shape index (κ1) is 24.9. The van der Waals surface area contributed by atoms with Crippen LogP contribution >= 0.6 is 24.8 Å². The molecule has 2 unspecified atom stereocenters. The predicted molar refractivity (Wildman–Crippen MR) is 123 cm³/mol. The third-order valence-electron chi connectivity index (χ3n) is 5.90. The summed E-state index contributed by atoms with van der Waals surface area (Å²) in [4.78, 5) is 0. The first-order valence-corrected chi connectivity index (χ1v) is 17.5. The molecule has 0 nitrogen and oxygen atoms in total. The van der Waals surface area contributed by atoms with Gasteiger partial charge in [-0.15, -0.1) is 24.8 Å². The van der Waals surface area contributed by atoms with Crippen molar-refractivity contribution in [2.45, 2.75) is 47.6 Å². The molecule has 27 heavy (non-hydrogen) atoms. The van der Waals surface area contributed by atoms with Gasteiger partial charge < -0.3 is 0 Å². The van der Waals surface area contributed by atoms with Crippen LogP contribution in [0.1, 0.15) is 47.1 Å². The summed E-state index contributed by atoms with van der Waals surface area (Å²) in [5.74, 6) is 1.36. The molecule has 0 fully saturated rings. The molecule has 1 aromatic carbocycles. The van der Waals surface area contributed by atoms with Gasteiger partial charge in [0, 0.05) is 0 Å². The van der Waals surface area contributed by atoms with Crippen LogP contribution in [0.5, 0.6) is 0 Å². The maximum absolute atomic E-state index is 2.52. The van der Waals surface area contributed by atoms with Crippen molar-refractivity contribution >= 4 is 31.0 Å². The van der Waals surface area contributed by atoms with E-state index in [0.29, 0.717) is 18.0 Å². The fourth-order valence-corrected chi connectivity index (χ4v) is 24.2. The smallest absolute Gasteiger partial charge is 0.147 e. The Balaban J connectivity index is 0.00000182. The molecule has 2 aliphatic rings. The van der Waals surface area contributed by atoms with Gasteiger partial charge >= 0.3 is 163 Å². The second-order valence-electron chi connectivity index (χ2n) is 7.69. The van der Waals surface area contributed by atoms with Gasteiger partial charge in [0.2, 0.25) is 0 Å². The Morgan fingerprint density at radius 2 is 1.56 bits per heavy atom. The average molecular weight is 499 g/mol. The summed E-state index contributed by atoms with van der Waals surface area (Å²) in [6.07, 6.45) is 5.50. The van der Waals surface area contributed by atoms with Crippen molar-refractivity contribution < 1.29 is 20.4 Å². The van der Waals surface area contributed by atoms with Crippen molar-refractivity contribution in [1.29, 1.82) is 0 Å². The Hall–Kier alpha value is -0.140. The topological polar surface area (TPSA) is 0 Å². The van der Waals surface area contributed by atoms with Crippen LogP contribution in [-0.2, 0) is 26.4 Å². The van der Waals surface area contributed by atoms with E-state index >= 15 is 0 Å². The molecule has 0 spiro atoms.